The second kappa shape index (κ2) is 5.79. The summed E-state index contributed by atoms with van der Waals surface area (Å²) in [6.07, 6.45) is 7.29. The summed E-state index contributed by atoms with van der Waals surface area (Å²) >= 11 is 0. The van der Waals surface area contributed by atoms with E-state index in [0.29, 0.717) is 0 Å². The van der Waals surface area contributed by atoms with Crippen LogP contribution in [0.25, 0.3) is 10.8 Å². The van der Waals surface area contributed by atoms with Crippen molar-refractivity contribution in [1.29, 1.82) is 0 Å². The molecule has 1 aromatic carbocycles. The fourth-order valence-corrected chi connectivity index (χ4v) is 2.55. The maximum Gasteiger partial charge on any atom is 0.0451 e. The van der Waals surface area contributed by atoms with Gasteiger partial charge in [0.05, 0.1) is 0 Å². The molecule has 106 valence electrons. The average Bonchev–Trinajstić information content (AvgIpc) is 2.55. The van der Waals surface area contributed by atoms with Gasteiger partial charge in [0.15, 0.2) is 0 Å². The molecular weight excluding hydrogens is 260 g/mol. The van der Waals surface area contributed by atoms with Crippen LogP contribution in [0, 0.1) is 0 Å². The molecule has 4 heteroatoms. The van der Waals surface area contributed by atoms with E-state index >= 15 is 0 Å². The average molecular weight is 278 g/mol. The Hall–Kier alpha value is -2.62. The normalized spacial score (nSPS) is 10.7. The van der Waals surface area contributed by atoms with Crippen LogP contribution in [0.3, 0.4) is 0 Å². The smallest absolute Gasteiger partial charge is 0.0451 e. The van der Waals surface area contributed by atoms with Crippen LogP contribution in [0.5, 0.6) is 0 Å². The second-order valence-corrected chi connectivity index (χ2v) is 4.96. The lowest BCUT2D eigenvalue weighted by Gasteiger charge is -2.25. The molecule has 0 aliphatic carbocycles. The van der Waals surface area contributed by atoms with Crippen molar-refractivity contribution in [2.24, 2.45) is 0 Å². The number of fused-ring (bicyclic) bond motifs is 1. The van der Waals surface area contributed by atoms with Gasteiger partial charge in [-0.2, -0.15) is 0 Å². The summed E-state index contributed by atoms with van der Waals surface area (Å²) in [5, 5.41) is 2.14. The van der Waals surface area contributed by atoms with Crippen LogP contribution in [-0.4, -0.2) is 16.5 Å². The largest absolute Gasteiger partial charge is 0.398 e. The highest BCUT2D eigenvalue weighted by atomic mass is 15.1. The van der Waals surface area contributed by atoms with E-state index in [4.69, 9.17) is 5.73 Å². The van der Waals surface area contributed by atoms with E-state index in [1.165, 1.54) is 11.3 Å². The molecule has 0 amide bonds. The van der Waals surface area contributed by atoms with E-state index in [0.717, 1.165) is 29.5 Å². The fraction of sp³-hybridized carbons (Fsp3) is 0.176. The summed E-state index contributed by atoms with van der Waals surface area (Å²) in [5.74, 6) is 0. The van der Waals surface area contributed by atoms with Gasteiger partial charge in [0, 0.05) is 60.0 Å². The first kappa shape index (κ1) is 13.4. The maximum absolute atomic E-state index is 6.05. The van der Waals surface area contributed by atoms with Crippen LogP contribution in [0.15, 0.2) is 55.1 Å². The van der Waals surface area contributed by atoms with Gasteiger partial charge in [-0.05, 0) is 42.8 Å². The van der Waals surface area contributed by atoms with Gasteiger partial charge in [-0.15, -0.1) is 0 Å². The Morgan fingerprint density at radius 3 is 2.48 bits per heavy atom. The quantitative estimate of drug-likeness (QED) is 0.744. The van der Waals surface area contributed by atoms with Crippen LogP contribution in [0.1, 0.15) is 12.5 Å². The van der Waals surface area contributed by atoms with Gasteiger partial charge in [0.25, 0.3) is 0 Å². The predicted octanol–water partition coefficient (Wildman–Crippen LogP) is 3.24. The van der Waals surface area contributed by atoms with E-state index in [1.54, 1.807) is 0 Å². The molecule has 0 saturated heterocycles. The number of rotatable bonds is 4. The minimum absolute atomic E-state index is 0.766. The summed E-state index contributed by atoms with van der Waals surface area (Å²) in [7, 11) is 0. The number of pyridine rings is 2. The molecule has 0 saturated carbocycles. The molecule has 0 radical (unpaired) electrons. The SMILES string of the molecule is CCN(Cc1ccncc1)c1ccc(N)c2cnccc12. The number of benzene rings is 1. The first-order valence-electron chi connectivity index (χ1n) is 7.05. The van der Waals surface area contributed by atoms with Gasteiger partial charge in [-0.25, -0.2) is 0 Å². The number of hydrogen-bond acceptors (Lipinski definition) is 4. The third-order valence-corrected chi connectivity index (χ3v) is 3.67. The summed E-state index contributed by atoms with van der Waals surface area (Å²) in [6, 6.07) is 10.2. The number of aromatic nitrogens is 2. The fourth-order valence-electron chi connectivity index (χ4n) is 2.55. The number of hydrogen-bond donors (Lipinski definition) is 1. The Bertz CT molecular complexity index is 740. The molecule has 2 aromatic heterocycles. The Kier molecular flexibility index (Phi) is 3.69. The molecule has 0 aliphatic rings. The number of nitrogens with zero attached hydrogens (tertiary/aromatic N) is 3. The maximum atomic E-state index is 6.05. The summed E-state index contributed by atoms with van der Waals surface area (Å²) in [6.45, 7) is 3.93. The number of nitrogens with two attached hydrogens (primary N) is 1. The summed E-state index contributed by atoms with van der Waals surface area (Å²) < 4.78 is 0. The molecule has 0 fully saturated rings. The molecule has 2 N–H and O–H groups in total. The molecular formula is C17H18N4. The highest BCUT2D eigenvalue weighted by Gasteiger charge is 2.10. The van der Waals surface area contributed by atoms with Crippen molar-refractivity contribution in [2.45, 2.75) is 13.5 Å². The molecule has 2 heterocycles. The lowest BCUT2D eigenvalue weighted by atomic mass is 10.1. The van der Waals surface area contributed by atoms with Crippen molar-refractivity contribution >= 4 is 22.1 Å². The van der Waals surface area contributed by atoms with E-state index in [-0.39, 0.29) is 0 Å². The van der Waals surface area contributed by atoms with E-state index in [2.05, 4.69) is 27.9 Å². The zero-order chi connectivity index (χ0) is 14.7. The molecule has 0 unspecified atom stereocenters. The van der Waals surface area contributed by atoms with Crippen LogP contribution in [0.4, 0.5) is 11.4 Å². The minimum Gasteiger partial charge on any atom is -0.398 e. The van der Waals surface area contributed by atoms with Gasteiger partial charge in [-0.1, -0.05) is 0 Å². The molecule has 21 heavy (non-hydrogen) atoms. The molecule has 0 bridgehead atoms. The van der Waals surface area contributed by atoms with E-state index in [9.17, 15) is 0 Å². The molecule has 3 aromatic rings. The van der Waals surface area contributed by atoms with Crippen LogP contribution in [0.2, 0.25) is 0 Å². The predicted molar refractivity (Wildman–Crippen MR) is 87.1 cm³/mol. The number of anilines is 2. The Morgan fingerprint density at radius 1 is 0.952 bits per heavy atom. The zero-order valence-electron chi connectivity index (χ0n) is 12.0. The highest BCUT2D eigenvalue weighted by Crippen LogP contribution is 2.30. The van der Waals surface area contributed by atoms with Gasteiger partial charge < -0.3 is 10.6 Å². The number of nitrogen functional groups attached to an aromatic ring is 1. The molecule has 0 atom stereocenters. The monoisotopic (exact) mass is 278 g/mol. The topological polar surface area (TPSA) is 55.0 Å². The first-order valence-corrected chi connectivity index (χ1v) is 7.05. The standard InChI is InChI=1S/C17H18N4/c1-2-21(12-13-5-8-19-9-6-13)17-4-3-16(18)15-11-20-10-7-14(15)17/h3-11H,2,12,18H2,1H3. The van der Waals surface area contributed by atoms with Crippen LogP contribution >= 0.6 is 0 Å². The summed E-state index contributed by atoms with van der Waals surface area (Å²) in [4.78, 5) is 10.6. The second-order valence-electron chi connectivity index (χ2n) is 4.96. The molecule has 0 aliphatic heterocycles. The van der Waals surface area contributed by atoms with Crippen molar-refractivity contribution in [3.63, 3.8) is 0 Å². The molecule has 4 nitrogen and oxygen atoms in total. The van der Waals surface area contributed by atoms with Crippen LogP contribution < -0.4 is 10.6 Å². The highest BCUT2D eigenvalue weighted by molar-refractivity contribution is 6.00. The Morgan fingerprint density at radius 2 is 1.71 bits per heavy atom. The minimum atomic E-state index is 0.766. The van der Waals surface area contributed by atoms with Crippen molar-refractivity contribution in [3.05, 3.63) is 60.7 Å². The lowest BCUT2D eigenvalue weighted by Crippen LogP contribution is -2.22. The third-order valence-electron chi connectivity index (χ3n) is 3.67. The third kappa shape index (κ3) is 2.65. The van der Waals surface area contributed by atoms with Gasteiger partial charge >= 0.3 is 0 Å². The van der Waals surface area contributed by atoms with Gasteiger partial charge in [-0.3, -0.25) is 9.97 Å². The zero-order valence-corrected chi connectivity index (χ0v) is 12.0. The van der Waals surface area contributed by atoms with Gasteiger partial charge in [0.2, 0.25) is 0 Å². The van der Waals surface area contributed by atoms with E-state index < -0.39 is 0 Å². The molecule has 0 spiro atoms. The van der Waals surface area contributed by atoms with E-state index in [1.807, 2.05) is 49.1 Å². The van der Waals surface area contributed by atoms with Crippen molar-refractivity contribution in [2.75, 3.05) is 17.2 Å². The van der Waals surface area contributed by atoms with Crippen molar-refractivity contribution in [3.8, 4) is 0 Å². The van der Waals surface area contributed by atoms with Gasteiger partial charge in [0.1, 0.15) is 0 Å². The lowest BCUT2D eigenvalue weighted by molar-refractivity contribution is 0.834. The van der Waals surface area contributed by atoms with Crippen LogP contribution in [-0.2, 0) is 6.54 Å². The summed E-state index contributed by atoms with van der Waals surface area (Å²) in [5.41, 5.74) is 9.24. The Labute approximate surface area is 124 Å². The first-order chi connectivity index (χ1) is 10.3. The van der Waals surface area contributed by atoms with Crippen molar-refractivity contribution in [1.82, 2.24) is 9.97 Å². The Balaban J connectivity index is 2.03. The molecule has 3 rings (SSSR count). The van der Waals surface area contributed by atoms with Crippen molar-refractivity contribution < 1.29 is 0 Å².